The zero-order valence-corrected chi connectivity index (χ0v) is 13.6. The number of hydrogen-bond acceptors (Lipinski definition) is 3. The number of hydrogen-bond donors (Lipinski definition) is 1. The topological polar surface area (TPSA) is 45.0 Å². The molecule has 0 spiro atoms. The van der Waals surface area contributed by atoms with Crippen LogP contribution < -0.4 is 10.1 Å². The quantitative estimate of drug-likeness (QED) is 0.882. The maximum Gasteiger partial charge on any atom is 0.125 e. The van der Waals surface area contributed by atoms with E-state index in [0.717, 1.165) is 37.1 Å². The van der Waals surface area contributed by atoms with E-state index < -0.39 is 5.54 Å². The summed E-state index contributed by atoms with van der Waals surface area (Å²) in [4.78, 5) is 0. The lowest BCUT2D eigenvalue weighted by Crippen LogP contribution is -2.42. The molecule has 1 aromatic carbocycles. The minimum absolute atomic E-state index is 0.335. The molecule has 1 aliphatic rings. The Balaban J connectivity index is 2.05. The molecule has 0 aliphatic heterocycles. The van der Waals surface area contributed by atoms with Gasteiger partial charge in [0.15, 0.2) is 0 Å². The summed E-state index contributed by atoms with van der Waals surface area (Å²) in [7, 11) is 1.66. The molecule has 114 valence electrons. The van der Waals surface area contributed by atoms with Crippen molar-refractivity contribution in [2.75, 3.05) is 12.4 Å². The van der Waals surface area contributed by atoms with Crippen LogP contribution in [0.5, 0.6) is 5.75 Å². The molecule has 0 radical (unpaired) electrons. The molecule has 1 aromatic rings. The van der Waals surface area contributed by atoms with Gasteiger partial charge in [-0.15, -0.1) is 0 Å². The highest BCUT2D eigenvalue weighted by Gasteiger charge is 2.38. The van der Waals surface area contributed by atoms with E-state index in [-0.39, 0.29) is 0 Å². The summed E-state index contributed by atoms with van der Waals surface area (Å²) >= 11 is 0. The van der Waals surface area contributed by atoms with Crippen molar-refractivity contribution in [3.63, 3.8) is 0 Å². The van der Waals surface area contributed by atoms with Gasteiger partial charge >= 0.3 is 0 Å². The summed E-state index contributed by atoms with van der Waals surface area (Å²) in [6.07, 6.45) is 4.05. The molecule has 2 rings (SSSR count). The van der Waals surface area contributed by atoms with Gasteiger partial charge in [0.05, 0.1) is 13.2 Å². The van der Waals surface area contributed by atoms with Crippen LogP contribution in [0.25, 0.3) is 0 Å². The molecular formula is C18H26N2O. The van der Waals surface area contributed by atoms with Crippen LogP contribution >= 0.6 is 0 Å². The van der Waals surface area contributed by atoms with Crippen molar-refractivity contribution in [2.24, 2.45) is 11.3 Å². The van der Waals surface area contributed by atoms with Crippen LogP contribution in [0.4, 0.5) is 5.69 Å². The van der Waals surface area contributed by atoms with Gasteiger partial charge in [0, 0.05) is 5.69 Å². The SMILES string of the molecule is COc1ccc(NC2(C#N)CCC(C(C)(C)C)CC2)cc1. The van der Waals surface area contributed by atoms with E-state index in [2.05, 4.69) is 32.2 Å². The molecule has 0 heterocycles. The highest BCUT2D eigenvalue weighted by atomic mass is 16.5. The number of anilines is 1. The fourth-order valence-electron chi connectivity index (χ4n) is 3.19. The Morgan fingerprint density at radius 1 is 1.19 bits per heavy atom. The summed E-state index contributed by atoms with van der Waals surface area (Å²) < 4.78 is 5.17. The number of benzene rings is 1. The molecule has 1 N–H and O–H groups in total. The smallest absolute Gasteiger partial charge is 0.125 e. The fourth-order valence-corrected chi connectivity index (χ4v) is 3.19. The number of rotatable bonds is 3. The number of ether oxygens (including phenoxy) is 1. The van der Waals surface area contributed by atoms with Crippen LogP contribution in [0.3, 0.4) is 0 Å². The van der Waals surface area contributed by atoms with Gasteiger partial charge in [-0.05, 0) is 61.3 Å². The number of nitriles is 1. The Kier molecular flexibility index (Phi) is 4.46. The maximum atomic E-state index is 9.66. The summed E-state index contributed by atoms with van der Waals surface area (Å²) in [5, 5.41) is 13.1. The first-order valence-corrected chi connectivity index (χ1v) is 7.72. The van der Waals surface area contributed by atoms with Crippen LogP contribution in [-0.4, -0.2) is 12.6 Å². The van der Waals surface area contributed by atoms with Gasteiger partial charge < -0.3 is 10.1 Å². The lowest BCUT2D eigenvalue weighted by Gasteiger charge is -2.41. The molecule has 3 heteroatoms. The van der Waals surface area contributed by atoms with Gasteiger partial charge in [-0.1, -0.05) is 20.8 Å². The van der Waals surface area contributed by atoms with Crippen molar-refractivity contribution >= 4 is 5.69 Å². The second-order valence-electron chi connectivity index (χ2n) is 7.19. The van der Waals surface area contributed by atoms with E-state index in [9.17, 15) is 5.26 Å². The summed E-state index contributed by atoms with van der Waals surface area (Å²) in [6, 6.07) is 10.3. The van der Waals surface area contributed by atoms with Crippen LogP contribution in [0, 0.1) is 22.7 Å². The first-order chi connectivity index (χ1) is 9.88. The van der Waals surface area contributed by atoms with Crippen molar-refractivity contribution in [2.45, 2.75) is 52.0 Å². The molecule has 1 saturated carbocycles. The molecule has 3 nitrogen and oxygen atoms in total. The molecular weight excluding hydrogens is 260 g/mol. The van der Waals surface area contributed by atoms with Crippen molar-refractivity contribution in [3.05, 3.63) is 24.3 Å². The first kappa shape index (κ1) is 15.7. The molecule has 0 atom stereocenters. The van der Waals surface area contributed by atoms with E-state index in [4.69, 9.17) is 4.74 Å². The van der Waals surface area contributed by atoms with Gasteiger partial charge in [0.2, 0.25) is 0 Å². The van der Waals surface area contributed by atoms with Crippen LogP contribution in [0.1, 0.15) is 46.5 Å². The predicted octanol–water partition coefficient (Wildman–Crippen LogP) is 4.61. The van der Waals surface area contributed by atoms with Crippen molar-refractivity contribution in [1.82, 2.24) is 0 Å². The fraction of sp³-hybridized carbons (Fsp3) is 0.611. The number of methoxy groups -OCH3 is 1. The van der Waals surface area contributed by atoms with Gasteiger partial charge in [-0.3, -0.25) is 0 Å². The van der Waals surface area contributed by atoms with Crippen LogP contribution in [0.15, 0.2) is 24.3 Å². The third-order valence-electron chi connectivity index (χ3n) is 4.75. The third kappa shape index (κ3) is 3.69. The average molecular weight is 286 g/mol. The molecule has 1 aliphatic carbocycles. The predicted molar refractivity (Wildman–Crippen MR) is 86.4 cm³/mol. The lowest BCUT2D eigenvalue weighted by molar-refractivity contribution is 0.159. The van der Waals surface area contributed by atoms with E-state index in [1.807, 2.05) is 24.3 Å². The third-order valence-corrected chi connectivity index (χ3v) is 4.75. The van der Waals surface area contributed by atoms with Gasteiger partial charge in [0.1, 0.15) is 11.3 Å². The van der Waals surface area contributed by atoms with Gasteiger partial charge in [-0.25, -0.2) is 0 Å². The zero-order chi connectivity index (χ0) is 15.5. The van der Waals surface area contributed by atoms with E-state index >= 15 is 0 Å². The van der Waals surface area contributed by atoms with E-state index in [0.29, 0.717) is 11.3 Å². The second kappa shape index (κ2) is 5.97. The van der Waals surface area contributed by atoms with E-state index in [1.165, 1.54) is 0 Å². The Labute approximate surface area is 128 Å². The largest absolute Gasteiger partial charge is 0.497 e. The number of nitrogens with one attached hydrogen (secondary N) is 1. The second-order valence-corrected chi connectivity index (χ2v) is 7.19. The first-order valence-electron chi connectivity index (χ1n) is 7.72. The lowest BCUT2D eigenvalue weighted by atomic mass is 9.67. The molecule has 0 bridgehead atoms. The average Bonchev–Trinajstić information content (AvgIpc) is 2.47. The van der Waals surface area contributed by atoms with Crippen molar-refractivity contribution in [1.29, 1.82) is 5.26 Å². The molecule has 0 unspecified atom stereocenters. The normalized spacial score (nSPS) is 26.0. The highest BCUT2D eigenvalue weighted by molar-refractivity contribution is 5.50. The standard InChI is InChI=1S/C18H26N2O/c1-17(2,3)14-9-11-18(13-19,12-10-14)20-15-5-7-16(21-4)8-6-15/h5-8,14,20H,9-12H2,1-4H3. The Morgan fingerprint density at radius 2 is 1.76 bits per heavy atom. The molecule has 1 fully saturated rings. The maximum absolute atomic E-state index is 9.66. The summed E-state index contributed by atoms with van der Waals surface area (Å²) in [5.74, 6) is 1.54. The van der Waals surface area contributed by atoms with Gasteiger partial charge in [0.25, 0.3) is 0 Å². The molecule has 0 amide bonds. The number of nitrogens with zero attached hydrogens (tertiary/aromatic N) is 1. The minimum atomic E-state index is -0.420. The minimum Gasteiger partial charge on any atom is -0.497 e. The van der Waals surface area contributed by atoms with Crippen LogP contribution in [-0.2, 0) is 0 Å². The molecule has 0 aromatic heterocycles. The zero-order valence-electron chi connectivity index (χ0n) is 13.6. The summed E-state index contributed by atoms with van der Waals surface area (Å²) in [6.45, 7) is 6.90. The van der Waals surface area contributed by atoms with Crippen molar-refractivity contribution in [3.8, 4) is 11.8 Å². The van der Waals surface area contributed by atoms with Crippen molar-refractivity contribution < 1.29 is 4.74 Å². The van der Waals surface area contributed by atoms with Gasteiger partial charge in [-0.2, -0.15) is 5.26 Å². The Hall–Kier alpha value is -1.69. The molecule has 0 saturated heterocycles. The summed E-state index contributed by atoms with van der Waals surface area (Å²) in [5.41, 5.74) is 0.907. The highest BCUT2D eigenvalue weighted by Crippen LogP contribution is 2.42. The van der Waals surface area contributed by atoms with Crippen LogP contribution in [0.2, 0.25) is 0 Å². The van der Waals surface area contributed by atoms with E-state index in [1.54, 1.807) is 7.11 Å². The Bertz CT molecular complexity index is 500. The Morgan fingerprint density at radius 3 is 2.19 bits per heavy atom. The molecule has 21 heavy (non-hydrogen) atoms. The monoisotopic (exact) mass is 286 g/mol.